The van der Waals surface area contributed by atoms with Gasteiger partial charge in [0.2, 0.25) is 5.89 Å². The van der Waals surface area contributed by atoms with E-state index in [1.54, 1.807) is 0 Å². The van der Waals surface area contributed by atoms with Crippen LogP contribution in [0.2, 0.25) is 0 Å². The van der Waals surface area contributed by atoms with E-state index in [0.717, 1.165) is 0 Å². The van der Waals surface area contributed by atoms with Gasteiger partial charge in [-0.25, -0.2) is 18.0 Å². The summed E-state index contributed by atoms with van der Waals surface area (Å²) < 4.78 is 45.1. The molecule has 3 rings (SSSR count). The quantitative estimate of drug-likeness (QED) is 0.747. The maximum atomic E-state index is 13.7. The summed E-state index contributed by atoms with van der Waals surface area (Å²) in [6.07, 6.45) is 0. The zero-order chi connectivity index (χ0) is 16.6. The Balaban J connectivity index is 2.03. The number of hydrogen-bond donors (Lipinski definition) is 1. The van der Waals surface area contributed by atoms with Gasteiger partial charge >= 0.3 is 5.97 Å². The minimum atomic E-state index is -1.33. The summed E-state index contributed by atoms with van der Waals surface area (Å²) >= 11 is 0. The van der Waals surface area contributed by atoms with Crippen molar-refractivity contribution < 1.29 is 27.5 Å². The molecule has 0 amide bonds. The van der Waals surface area contributed by atoms with Crippen molar-refractivity contribution in [3.8, 4) is 22.9 Å². The fourth-order valence-corrected chi connectivity index (χ4v) is 1.92. The van der Waals surface area contributed by atoms with E-state index in [1.165, 1.54) is 24.3 Å². The number of rotatable bonds is 3. The van der Waals surface area contributed by atoms with E-state index in [1.807, 2.05) is 0 Å². The van der Waals surface area contributed by atoms with E-state index in [0.29, 0.717) is 17.7 Å². The Morgan fingerprint density at radius 2 is 1.65 bits per heavy atom. The van der Waals surface area contributed by atoms with Gasteiger partial charge in [-0.05, 0) is 24.3 Å². The minimum Gasteiger partial charge on any atom is -0.478 e. The first-order valence-corrected chi connectivity index (χ1v) is 6.28. The highest BCUT2D eigenvalue weighted by molar-refractivity contribution is 5.88. The Bertz CT molecular complexity index is 909. The van der Waals surface area contributed by atoms with Gasteiger partial charge in [-0.15, -0.1) is 10.2 Å². The lowest BCUT2D eigenvalue weighted by Gasteiger charge is -1.99. The number of aromatic carboxylic acids is 1. The lowest BCUT2D eigenvalue weighted by Crippen LogP contribution is -1.95. The highest BCUT2D eigenvalue weighted by Gasteiger charge is 2.18. The molecular weight excluding hydrogens is 313 g/mol. The predicted molar refractivity (Wildman–Crippen MR) is 72.0 cm³/mol. The molecule has 116 valence electrons. The lowest BCUT2D eigenvalue weighted by atomic mass is 10.1. The smallest absolute Gasteiger partial charge is 0.335 e. The SMILES string of the molecule is O=C(O)c1cccc(-c2nnc(-c3cc(F)c(F)cc3F)o2)c1. The molecule has 0 spiro atoms. The van der Waals surface area contributed by atoms with Crippen molar-refractivity contribution in [1.82, 2.24) is 10.2 Å². The van der Waals surface area contributed by atoms with Gasteiger partial charge in [0.05, 0.1) is 11.1 Å². The highest BCUT2D eigenvalue weighted by Crippen LogP contribution is 2.27. The molecule has 0 aliphatic carbocycles. The summed E-state index contributed by atoms with van der Waals surface area (Å²) in [6.45, 7) is 0. The largest absolute Gasteiger partial charge is 0.478 e. The Kier molecular flexibility index (Phi) is 3.57. The van der Waals surface area contributed by atoms with Crippen molar-refractivity contribution in [2.45, 2.75) is 0 Å². The zero-order valence-corrected chi connectivity index (χ0v) is 11.3. The normalized spacial score (nSPS) is 10.7. The third-order valence-corrected chi connectivity index (χ3v) is 3.02. The zero-order valence-electron chi connectivity index (χ0n) is 11.3. The van der Waals surface area contributed by atoms with Crippen LogP contribution in [0.15, 0.2) is 40.8 Å². The van der Waals surface area contributed by atoms with Crippen LogP contribution in [0.4, 0.5) is 13.2 Å². The molecule has 0 aliphatic heterocycles. The molecule has 0 bridgehead atoms. The molecule has 0 fully saturated rings. The van der Waals surface area contributed by atoms with Crippen LogP contribution in [0.5, 0.6) is 0 Å². The van der Waals surface area contributed by atoms with E-state index in [4.69, 9.17) is 9.52 Å². The third-order valence-electron chi connectivity index (χ3n) is 3.02. The first kappa shape index (κ1) is 14.8. The molecule has 1 heterocycles. The van der Waals surface area contributed by atoms with E-state index in [-0.39, 0.29) is 17.3 Å². The van der Waals surface area contributed by atoms with Gasteiger partial charge in [0.25, 0.3) is 5.89 Å². The van der Waals surface area contributed by atoms with Crippen LogP contribution in [-0.4, -0.2) is 21.3 Å². The first-order valence-electron chi connectivity index (χ1n) is 6.28. The summed E-state index contributed by atoms with van der Waals surface area (Å²) in [5.41, 5.74) is -0.0926. The van der Waals surface area contributed by atoms with Gasteiger partial charge in [-0.2, -0.15) is 0 Å². The Hall–Kier alpha value is -3.16. The van der Waals surface area contributed by atoms with Crippen LogP contribution < -0.4 is 0 Å². The molecule has 3 aromatic rings. The minimum absolute atomic E-state index is 0.00116. The monoisotopic (exact) mass is 320 g/mol. The van der Waals surface area contributed by atoms with Gasteiger partial charge in [-0.1, -0.05) is 6.07 Å². The predicted octanol–water partition coefficient (Wildman–Crippen LogP) is 3.52. The first-order chi connectivity index (χ1) is 11.0. The summed E-state index contributed by atoms with van der Waals surface area (Å²) in [5, 5.41) is 16.2. The van der Waals surface area contributed by atoms with Crippen LogP contribution in [0.25, 0.3) is 22.9 Å². The molecule has 1 aromatic heterocycles. The van der Waals surface area contributed by atoms with Crippen LogP contribution in [0.3, 0.4) is 0 Å². The Morgan fingerprint density at radius 1 is 0.957 bits per heavy atom. The number of benzene rings is 2. The molecule has 0 radical (unpaired) electrons. The summed E-state index contributed by atoms with van der Waals surface area (Å²) in [6, 6.07) is 6.64. The third kappa shape index (κ3) is 2.78. The number of carboxylic acid groups (broad SMARTS) is 1. The molecule has 23 heavy (non-hydrogen) atoms. The van der Waals surface area contributed by atoms with Gasteiger partial charge in [0.1, 0.15) is 5.82 Å². The van der Waals surface area contributed by atoms with Crippen molar-refractivity contribution in [3.05, 3.63) is 59.4 Å². The highest BCUT2D eigenvalue weighted by atomic mass is 19.2. The van der Waals surface area contributed by atoms with Gasteiger partial charge in [0.15, 0.2) is 11.6 Å². The Morgan fingerprint density at radius 3 is 2.39 bits per heavy atom. The maximum Gasteiger partial charge on any atom is 0.335 e. The number of nitrogens with zero attached hydrogens (tertiary/aromatic N) is 2. The molecule has 2 aromatic carbocycles. The number of aromatic nitrogens is 2. The summed E-state index contributed by atoms with van der Waals surface area (Å²) in [5.74, 6) is -5.21. The lowest BCUT2D eigenvalue weighted by molar-refractivity contribution is 0.0697. The second kappa shape index (κ2) is 5.56. The second-order valence-corrected chi connectivity index (χ2v) is 4.54. The van der Waals surface area contributed by atoms with Crippen molar-refractivity contribution >= 4 is 5.97 Å². The standard InChI is InChI=1S/C15H7F3N2O3/c16-10-6-12(18)11(17)5-9(10)14-20-19-13(23-14)7-2-1-3-8(4-7)15(21)22/h1-6H,(H,21,22). The van der Waals surface area contributed by atoms with Crippen molar-refractivity contribution in [2.24, 2.45) is 0 Å². The molecule has 0 atom stereocenters. The topological polar surface area (TPSA) is 76.2 Å². The van der Waals surface area contributed by atoms with E-state index >= 15 is 0 Å². The molecule has 0 saturated heterocycles. The fraction of sp³-hybridized carbons (Fsp3) is 0. The fourth-order valence-electron chi connectivity index (χ4n) is 1.92. The number of hydrogen-bond acceptors (Lipinski definition) is 4. The number of halogens is 3. The summed E-state index contributed by atoms with van der Waals surface area (Å²) in [4.78, 5) is 10.9. The van der Waals surface area contributed by atoms with Crippen LogP contribution in [0.1, 0.15) is 10.4 Å². The average molecular weight is 320 g/mol. The Labute approximate surface area is 127 Å². The van der Waals surface area contributed by atoms with Crippen LogP contribution in [0, 0.1) is 17.5 Å². The molecule has 5 nitrogen and oxygen atoms in total. The number of carbonyl (C=O) groups is 1. The molecule has 0 unspecified atom stereocenters. The molecule has 1 N–H and O–H groups in total. The van der Waals surface area contributed by atoms with Crippen molar-refractivity contribution in [1.29, 1.82) is 0 Å². The van der Waals surface area contributed by atoms with Gasteiger partial charge in [-0.3, -0.25) is 0 Å². The van der Waals surface area contributed by atoms with Gasteiger partial charge < -0.3 is 9.52 Å². The van der Waals surface area contributed by atoms with Crippen LogP contribution in [-0.2, 0) is 0 Å². The second-order valence-electron chi connectivity index (χ2n) is 4.54. The van der Waals surface area contributed by atoms with E-state index in [2.05, 4.69) is 10.2 Å². The molecule has 0 aliphatic rings. The van der Waals surface area contributed by atoms with E-state index in [9.17, 15) is 18.0 Å². The van der Waals surface area contributed by atoms with Crippen LogP contribution >= 0.6 is 0 Å². The van der Waals surface area contributed by atoms with Crippen molar-refractivity contribution in [3.63, 3.8) is 0 Å². The maximum absolute atomic E-state index is 13.7. The van der Waals surface area contributed by atoms with E-state index < -0.39 is 29.0 Å². The summed E-state index contributed by atoms with van der Waals surface area (Å²) in [7, 11) is 0. The molecular formula is C15H7F3N2O3. The molecule has 0 saturated carbocycles. The van der Waals surface area contributed by atoms with Gasteiger partial charge in [0, 0.05) is 11.6 Å². The average Bonchev–Trinajstić information content (AvgIpc) is 3.00. The van der Waals surface area contributed by atoms with Crippen molar-refractivity contribution in [2.75, 3.05) is 0 Å². The molecule has 8 heteroatoms. The number of carboxylic acids is 1.